The molecule has 0 unspecified atom stereocenters. The molecule has 0 atom stereocenters. The number of benzene rings is 2. The Morgan fingerprint density at radius 1 is 1.05 bits per heavy atom. The zero-order valence-corrected chi connectivity index (χ0v) is 15.4. The molecule has 0 fully saturated rings. The van der Waals surface area contributed by atoms with Gasteiger partial charge in [0, 0.05) is 14.6 Å². The van der Waals surface area contributed by atoms with Gasteiger partial charge in [-0.05, 0) is 75.0 Å². The van der Waals surface area contributed by atoms with Crippen molar-refractivity contribution in [2.75, 3.05) is 10.5 Å². The lowest BCUT2D eigenvalue weighted by molar-refractivity contribution is 0.600. The fraction of sp³-hybridized carbons (Fsp3) is 0.143. The molecule has 7 heteroatoms. The first-order chi connectivity index (χ1) is 9.74. The highest BCUT2D eigenvalue weighted by Crippen LogP contribution is 2.34. The van der Waals surface area contributed by atoms with Crippen LogP contribution in [0.15, 0.2) is 44.2 Å². The second-order valence-electron chi connectivity index (χ2n) is 4.63. The fourth-order valence-corrected chi connectivity index (χ4v) is 5.10. The number of anilines is 2. The predicted molar refractivity (Wildman–Crippen MR) is 93.0 cm³/mol. The quantitative estimate of drug-likeness (QED) is 0.712. The fourth-order valence-electron chi connectivity index (χ4n) is 2.04. The van der Waals surface area contributed by atoms with Crippen LogP contribution in [0.4, 0.5) is 11.4 Å². The molecule has 0 spiro atoms. The third-order valence-electron chi connectivity index (χ3n) is 3.11. The van der Waals surface area contributed by atoms with Crippen LogP contribution in [0.5, 0.6) is 0 Å². The van der Waals surface area contributed by atoms with E-state index in [9.17, 15) is 8.42 Å². The second kappa shape index (κ2) is 5.98. The largest absolute Gasteiger partial charge is 0.398 e. The summed E-state index contributed by atoms with van der Waals surface area (Å²) in [6.07, 6.45) is 0. The lowest BCUT2D eigenvalue weighted by atomic mass is 10.1. The number of hydrogen-bond donors (Lipinski definition) is 2. The first-order valence-corrected chi connectivity index (χ1v) is 9.13. The minimum absolute atomic E-state index is 0.213. The Morgan fingerprint density at radius 2 is 1.62 bits per heavy atom. The van der Waals surface area contributed by atoms with E-state index < -0.39 is 10.0 Å². The highest BCUT2D eigenvalue weighted by Gasteiger charge is 2.22. The third kappa shape index (κ3) is 3.25. The molecule has 0 heterocycles. The highest BCUT2D eigenvalue weighted by molar-refractivity contribution is 9.11. The minimum atomic E-state index is -3.73. The summed E-state index contributed by atoms with van der Waals surface area (Å²) in [5, 5.41) is 0. The molecule has 0 bridgehead atoms. The molecule has 0 amide bonds. The smallest absolute Gasteiger partial charge is 0.262 e. The molecular weight excluding hydrogens is 420 g/mol. The van der Waals surface area contributed by atoms with E-state index in [-0.39, 0.29) is 4.90 Å². The van der Waals surface area contributed by atoms with Gasteiger partial charge in [-0.15, -0.1) is 0 Å². The molecule has 0 radical (unpaired) electrons. The SMILES string of the molecule is Cc1ccc(N)c(C)c1S(=O)(=O)Nc1c(Br)cccc1Br. The number of rotatable bonds is 3. The van der Waals surface area contributed by atoms with Gasteiger partial charge in [-0.2, -0.15) is 0 Å². The van der Waals surface area contributed by atoms with E-state index in [1.54, 1.807) is 38.1 Å². The maximum absolute atomic E-state index is 12.7. The topological polar surface area (TPSA) is 72.2 Å². The van der Waals surface area contributed by atoms with Crippen molar-refractivity contribution in [1.82, 2.24) is 0 Å². The van der Waals surface area contributed by atoms with Gasteiger partial charge in [0.2, 0.25) is 0 Å². The van der Waals surface area contributed by atoms with Gasteiger partial charge in [0.15, 0.2) is 0 Å². The minimum Gasteiger partial charge on any atom is -0.398 e. The molecule has 0 aliphatic rings. The first kappa shape index (κ1) is 16.3. The summed E-state index contributed by atoms with van der Waals surface area (Å²) in [5.41, 5.74) is 7.93. The number of para-hydroxylation sites is 1. The molecule has 2 aromatic rings. The van der Waals surface area contributed by atoms with Crippen molar-refractivity contribution in [1.29, 1.82) is 0 Å². The third-order valence-corrected chi connectivity index (χ3v) is 6.07. The molecule has 0 saturated carbocycles. The monoisotopic (exact) mass is 432 g/mol. The number of halogens is 2. The van der Waals surface area contributed by atoms with Crippen LogP contribution in [-0.4, -0.2) is 8.42 Å². The van der Waals surface area contributed by atoms with E-state index in [0.717, 1.165) is 0 Å². The molecule has 0 aliphatic carbocycles. The Bertz CT molecular complexity index is 785. The van der Waals surface area contributed by atoms with E-state index in [1.807, 2.05) is 6.07 Å². The van der Waals surface area contributed by atoms with Crippen molar-refractivity contribution < 1.29 is 8.42 Å². The van der Waals surface area contributed by atoms with Crippen molar-refractivity contribution in [3.63, 3.8) is 0 Å². The lowest BCUT2D eigenvalue weighted by Gasteiger charge is -2.16. The van der Waals surface area contributed by atoms with Crippen LogP contribution in [0.25, 0.3) is 0 Å². The van der Waals surface area contributed by atoms with E-state index >= 15 is 0 Å². The standard InChI is InChI=1S/C14H14Br2N2O2S/c1-8-6-7-12(17)9(2)14(8)21(19,20)18-13-10(15)4-3-5-11(13)16/h3-7,18H,17H2,1-2H3. The van der Waals surface area contributed by atoms with E-state index in [2.05, 4.69) is 36.6 Å². The summed E-state index contributed by atoms with van der Waals surface area (Å²) in [4.78, 5) is 0.213. The molecule has 4 nitrogen and oxygen atoms in total. The first-order valence-electron chi connectivity index (χ1n) is 6.06. The normalized spacial score (nSPS) is 11.4. The predicted octanol–water partition coefficient (Wildman–Crippen LogP) is 4.21. The molecule has 2 rings (SSSR count). The number of nitrogens with one attached hydrogen (secondary N) is 1. The maximum Gasteiger partial charge on any atom is 0.262 e. The van der Waals surface area contributed by atoms with Gasteiger partial charge in [0.05, 0.1) is 10.6 Å². The van der Waals surface area contributed by atoms with Crippen molar-refractivity contribution in [3.05, 3.63) is 50.4 Å². The van der Waals surface area contributed by atoms with Crippen LogP contribution < -0.4 is 10.5 Å². The highest BCUT2D eigenvalue weighted by atomic mass is 79.9. The van der Waals surface area contributed by atoms with Crippen LogP contribution in [-0.2, 0) is 10.0 Å². The average molecular weight is 434 g/mol. The molecule has 0 saturated heterocycles. The van der Waals surface area contributed by atoms with E-state index in [0.29, 0.717) is 31.4 Å². The van der Waals surface area contributed by atoms with Crippen LogP contribution >= 0.6 is 31.9 Å². The number of nitrogen functional groups attached to an aromatic ring is 1. The number of sulfonamides is 1. The number of aryl methyl sites for hydroxylation is 1. The van der Waals surface area contributed by atoms with Gasteiger partial charge in [0.25, 0.3) is 10.0 Å². The van der Waals surface area contributed by atoms with E-state index in [4.69, 9.17) is 5.73 Å². The number of nitrogens with two attached hydrogens (primary N) is 1. The summed E-state index contributed by atoms with van der Waals surface area (Å²) in [7, 11) is -3.73. The van der Waals surface area contributed by atoms with Gasteiger partial charge < -0.3 is 5.73 Å². The summed E-state index contributed by atoms with van der Waals surface area (Å²) in [6, 6.07) is 8.75. The Balaban J connectivity index is 2.57. The zero-order chi connectivity index (χ0) is 15.8. The molecular formula is C14H14Br2N2O2S. The molecule has 112 valence electrons. The molecule has 3 N–H and O–H groups in total. The van der Waals surface area contributed by atoms with Gasteiger partial charge >= 0.3 is 0 Å². The van der Waals surface area contributed by atoms with Crippen molar-refractivity contribution in [3.8, 4) is 0 Å². The van der Waals surface area contributed by atoms with Crippen molar-refractivity contribution >= 4 is 53.3 Å². The van der Waals surface area contributed by atoms with Crippen LogP contribution in [0, 0.1) is 13.8 Å². The Morgan fingerprint density at radius 3 is 2.19 bits per heavy atom. The summed E-state index contributed by atoms with van der Waals surface area (Å²) >= 11 is 6.68. The zero-order valence-electron chi connectivity index (χ0n) is 11.4. The lowest BCUT2D eigenvalue weighted by Crippen LogP contribution is -2.17. The van der Waals surface area contributed by atoms with Gasteiger partial charge in [-0.25, -0.2) is 8.42 Å². The van der Waals surface area contributed by atoms with Crippen LogP contribution in [0.3, 0.4) is 0 Å². The van der Waals surface area contributed by atoms with Crippen molar-refractivity contribution in [2.24, 2.45) is 0 Å². The molecule has 21 heavy (non-hydrogen) atoms. The Hall–Kier alpha value is -1.05. The Kier molecular flexibility index (Phi) is 4.65. The molecule has 0 aromatic heterocycles. The number of hydrogen-bond acceptors (Lipinski definition) is 3. The van der Waals surface area contributed by atoms with Crippen LogP contribution in [0.2, 0.25) is 0 Å². The van der Waals surface area contributed by atoms with Gasteiger partial charge in [-0.1, -0.05) is 12.1 Å². The molecule has 0 aliphatic heterocycles. The summed E-state index contributed by atoms with van der Waals surface area (Å²) in [5.74, 6) is 0. The van der Waals surface area contributed by atoms with E-state index in [1.165, 1.54) is 0 Å². The van der Waals surface area contributed by atoms with Crippen molar-refractivity contribution in [2.45, 2.75) is 18.7 Å². The summed E-state index contributed by atoms with van der Waals surface area (Å²) in [6.45, 7) is 3.45. The maximum atomic E-state index is 12.7. The second-order valence-corrected chi connectivity index (χ2v) is 7.96. The Labute approximate surface area is 141 Å². The average Bonchev–Trinajstić information content (AvgIpc) is 2.39. The summed E-state index contributed by atoms with van der Waals surface area (Å²) < 4.78 is 29.3. The van der Waals surface area contributed by atoms with Gasteiger partial charge in [0.1, 0.15) is 0 Å². The van der Waals surface area contributed by atoms with Crippen LogP contribution in [0.1, 0.15) is 11.1 Å². The molecule has 2 aromatic carbocycles. The van der Waals surface area contributed by atoms with Gasteiger partial charge in [-0.3, -0.25) is 4.72 Å².